The Morgan fingerprint density at radius 3 is 2.31 bits per heavy atom. The maximum atomic E-state index is 13.9. The molecule has 10 heteroatoms. The van der Waals surface area contributed by atoms with Gasteiger partial charge >= 0.3 is 6.09 Å². The number of ether oxygens (including phenoxy) is 2. The van der Waals surface area contributed by atoms with Crippen LogP contribution in [0.25, 0.3) is 0 Å². The smallest absolute Gasteiger partial charge is 0.410 e. The van der Waals surface area contributed by atoms with Gasteiger partial charge in [0.15, 0.2) is 0 Å². The van der Waals surface area contributed by atoms with Crippen molar-refractivity contribution < 1.29 is 22.7 Å². The van der Waals surface area contributed by atoms with E-state index in [1.54, 1.807) is 33.5 Å². The molecule has 200 valence electrons. The lowest BCUT2D eigenvalue weighted by atomic mass is 9.98. The highest BCUT2D eigenvalue weighted by Gasteiger charge is 2.61. The van der Waals surface area contributed by atoms with E-state index >= 15 is 0 Å². The van der Waals surface area contributed by atoms with Crippen molar-refractivity contribution in [1.29, 1.82) is 0 Å². The van der Waals surface area contributed by atoms with Gasteiger partial charge < -0.3 is 14.4 Å². The molecule has 0 N–H and O–H groups in total. The van der Waals surface area contributed by atoms with E-state index in [0.717, 1.165) is 32.4 Å². The average molecular weight is 540 g/mol. The van der Waals surface area contributed by atoms with Crippen LogP contribution in [0.15, 0.2) is 29.2 Å². The van der Waals surface area contributed by atoms with Crippen molar-refractivity contribution in [2.45, 2.75) is 81.0 Å². The number of sulfonamides is 1. The van der Waals surface area contributed by atoms with Gasteiger partial charge in [0.1, 0.15) is 5.60 Å². The van der Waals surface area contributed by atoms with Gasteiger partial charge in [0.05, 0.1) is 30.2 Å². The van der Waals surface area contributed by atoms with Crippen molar-refractivity contribution in [3.05, 3.63) is 29.3 Å². The van der Waals surface area contributed by atoms with Gasteiger partial charge in [-0.25, -0.2) is 13.2 Å². The minimum absolute atomic E-state index is 0.0987. The Morgan fingerprint density at radius 2 is 1.75 bits per heavy atom. The van der Waals surface area contributed by atoms with Crippen molar-refractivity contribution in [3.63, 3.8) is 0 Å². The van der Waals surface area contributed by atoms with E-state index in [0.29, 0.717) is 37.6 Å². The normalized spacial score (nSPS) is 27.6. The Labute approximate surface area is 219 Å². The van der Waals surface area contributed by atoms with Gasteiger partial charge in [-0.1, -0.05) is 18.5 Å². The highest BCUT2D eigenvalue weighted by molar-refractivity contribution is 7.89. The van der Waals surface area contributed by atoms with Crippen LogP contribution in [0.5, 0.6) is 0 Å². The minimum atomic E-state index is -3.83. The van der Waals surface area contributed by atoms with Gasteiger partial charge in [-0.15, -0.1) is 0 Å². The van der Waals surface area contributed by atoms with Gasteiger partial charge in [-0.05, 0) is 76.1 Å². The molecule has 0 unspecified atom stereocenters. The Hall–Kier alpha value is -1.39. The molecule has 5 rings (SSSR count). The number of rotatable bonds is 7. The van der Waals surface area contributed by atoms with Crippen molar-refractivity contribution >= 4 is 27.7 Å². The van der Waals surface area contributed by atoms with Crippen molar-refractivity contribution in [2.75, 3.05) is 39.4 Å². The van der Waals surface area contributed by atoms with Gasteiger partial charge in [0.25, 0.3) is 0 Å². The predicted octanol–water partition coefficient (Wildman–Crippen LogP) is 3.98. The molecule has 0 aromatic heterocycles. The summed E-state index contributed by atoms with van der Waals surface area (Å²) < 4.78 is 41.6. The number of hydrogen-bond acceptors (Lipinski definition) is 6. The Bertz CT molecular complexity index is 1060. The fourth-order valence-electron chi connectivity index (χ4n) is 5.54. The summed E-state index contributed by atoms with van der Waals surface area (Å²) in [7, 11) is -3.83. The Morgan fingerprint density at radius 1 is 1.11 bits per heavy atom. The van der Waals surface area contributed by atoms with E-state index in [9.17, 15) is 13.2 Å². The van der Waals surface area contributed by atoms with Gasteiger partial charge in [-0.2, -0.15) is 4.31 Å². The summed E-state index contributed by atoms with van der Waals surface area (Å²) in [5, 5.41) is 0.487. The molecule has 2 saturated heterocycles. The second kappa shape index (κ2) is 9.73. The van der Waals surface area contributed by atoms with Crippen LogP contribution >= 0.6 is 11.6 Å². The molecule has 2 aliphatic carbocycles. The van der Waals surface area contributed by atoms with E-state index in [4.69, 9.17) is 21.1 Å². The number of carbonyl (C=O) groups excluding carboxylic acids is 1. The molecule has 1 amide bonds. The topological polar surface area (TPSA) is 79.4 Å². The number of morpholine rings is 1. The molecule has 36 heavy (non-hydrogen) atoms. The van der Waals surface area contributed by atoms with Crippen LogP contribution in [0.1, 0.15) is 52.9 Å². The lowest BCUT2D eigenvalue weighted by molar-refractivity contribution is -0.0775. The van der Waals surface area contributed by atoms with Crippen LogP contribution in [0, 0.1) is 5.92 Å². The van der Waals surface area contributed by atoms with Gasteiger partial charge in [0.2, 0.25) is 10.0 Å². The van der Waals surface area contributed by atoms with Crippen molar-refractivity contribution in [3.8, 4) is 0 Å². The largest absolute Gasteiger partial charge is 0.441 e. The summed E-state index contributed by atoms with van der Waals surface area (Å²) in [6.07, 6.45) is 3.94. The van der Waals surface area contributed by atoms with Crippen LogP contribution < -0.4 is 0 Å². The van der Waals surface area contributed by atoms with E-state index in [1.807, 2.05) is 0 Å². The lowest BCUT2D eigenvalue weighted by Gasteiger charge is -2.45. The number of benzene rings is 1. The summed E-state index contributed by atoms with van der Waals surface area (Å²) in [6.45, 7) is 10.1. The fraction of sp³-hybridized carbons (Fsp3) is 0.731. The highest BCUT2D eigenvalue weighted by atomic mass is 35.5. The summed E-state index contributed by atoms with van der Waals surface area (Å²) >= 11 is 6.03. The van der Waals surface area contributed by atoms with Crippen LogP contribution in [0.2, 0.25) is 5.02 Å². The van der Waals surface area contributed by atoms with Crippen molar-refractivity contribution in [2.24, 2.45) is 5.92 Å². The van der Waals surface area contributed by atoms with Crippen molar-refractivity contribution in [1.82, 2.24) is 14.1 Å². The third kappa shape index (κ3) is 5.01. The summed E-state index contributed by atoms with van der Waals surface area (Å²) in [4.78, 5) is 17.7. The molecule has 2 aliphatic heterocycles. The molecule has 4 fully saturated rings. The molecule has 0 bridgehead atoms. The van der Waals surface area contributed by atoms with Crippen LogP contribution in [-0.2, 0) is 19.5 Å². The predicted molar refractivity (Wildman–Crippen MR) is 138 cm³/mol. The molecule has 2 atom stereocenters. The first-order chi connectivity index (χ1) is 17.1. The number of hydrogen-bond donors (Lipinski definition) is 0. The number of nitrogens with zero attached hydrogens (tertiary/aromatic N) is 3. The molecule has 8 nitrogen and oxygen atoms in total. The van der Waals surface area contributed by atoms with Gasteiger partial charge in [-0.3, -0.25) is 4.90 Å². The first kappa shape index (κ1) is 26.2. The number of carbonyl (C=O) groups is 1. The van der Waals surface area contributed by atoms with Gasteiger partial charge in [0, 0.05) is 36.7 Å². The third-order valence-electron chi connectivity index (χ3n) is 8.65. The minimum Gasteiger partial charge on any atom is -0.441 e. The van der Waals surface area contributed by atoms with Crippen LogP contribution in [-0.4, -0.2) is 91.2 Å². The highest BCUT2D eigenvalue weighted by Crippen LogP contribution is 2.50. The van der Waals surface area contributed by atoms with Crippen LogP contribution in [0.3, 0.4) is 0 Å². The second-order valence-corrected chi connectivity index (χ2v) is 13.6. The summed E-state index contributed by atoms with van der Waals surface area (Å²) in [6, 6.07) is 5.51. The van der Waals surface area contributed by atoms with E-state index < -0.39 is 21.7 Å². The number of halogens is 1. The maximum Gasteiger partial charge on any atom is 0.410 e. The zero-order chi connectivity index (χ0) is 25.7. The monoisotopic (exact) mass is 539 g/mol. The molecule has 1 aromatic carbocycles. The first-order valence-electron chi connectivity index (χ1n) is 13.2. The quantitative estimate of drug-likeness (QED) is 0.521. The standard InChI is InChI=1S/C26H38ClN3O5S/c1-4-25(2,3)29-15-13-28(14-16-29)24(31)35-26(11-12-26)23-18-34-17-22(19-5-6-19)30(23)36(32,33)21-9-7-20(27)8-10-21/h7-10,19,22-23H,4-6,11-18H2,1-3H3/t22-,23+/m0/s1. The fourth-order valence-corrected chi connectivity index (χ4v) is 7.57. The Balaban J connectivity index is 1.34. The number of piperazine rings is 1. The molecule has 2 saturated carbocycles. The second-order valence-electron chi connectivity index (χ2n) is 11.3. The number of amides is 1. The lowest BCUT2D eigenvalue weighted by Crippen LogP contribution is -2.62. The molecular weight excluding hydrogens is 502 g/mol. The Kier molecular flexibility index (Phi) is 7.09. The zero-order valence-electron chi connectivity index (χ0n) is 21.5. The van der Waals surface area contributed by atoms with Crippen LogP contribution in [0.4, 0.5) is 4.79 Å². The SMILES string of the molecule is CCC(C)(C)N1CCN(C(=O)OC2([C@H]3COC[C@@H](C4CC4)N3S(=O)(=O)c3ccc(Cl)cc3)CC2)CC1. The van der Waals surface area contributed by atoms with E-state index in [2.05, 4.69) is 25.7 Å². The van der Waals surface area contributed by atoms with E-state index in [1.165, 1.54) is 0 Å². The summed E-state index contributed by atoms with van der Waals surface area (Å²) in [5.41, 5.74) is -0.745. The average Bonchev–Trinajstić information content (AvgIpc) is 3.80. The van der Waals surface area contributed by atoms with E-state index in [-0.39, 0.29) is 35.1 Å². The molecule has 1 aromatic rings. The maximum absolute atomic E-state index is 13.9. The molecule has 2 heterocycles. The molecule has 0 radical (unpaired) electrons. The first-order valence-corrected chi connectivity index (χ1v) is 15.0. The molecule has 0 spiro atoms. The third-order valence-corrected chi connectivity index (χ3v) is 10.9. The zero-order valence-corrected chi connectivity index (χ0v) is 23.1. The summed E-state index contributed by atoms with van der Waals surface area (Å²) in [5.74, 6) is 0.274. The molecule has 4 aliphatic rings. The molecular formula is C26H38ClN3O5S.